The molecule has 12 heavy (non-hydrogen) atoms. The van der Waals surface area contributed by atoms with Gasteiger partial charge in [-0.3, -0.25) is 0 Å². The molecule has 2 heteroatoms. The van der Waals surface area contributed by atoms with Crippen molar-refractivity contribution < 1.29 is 0 Å². The summed E-state index contributed by atoms with van der Waals surface area (Å²) >= 11 is 0. The predicted molar refractivity (Wildman–Crippen MR) is 53.4 cm³/mol. The number of rotatable bonds is 2. The number of piperidine rings is 1. The van der Waals surface area contributed by atoms with Crippen molar-refractivity contribution in [2.75, 3.05) is 27.2 Å². The lowest BCUT2D eigenvalue weighted by molar-refractivity contribution is 0.0727. The highest BCUT2D eigenvalue weighted by molar-refractivity contribution is 4.87. The van der Waals surface area contributed by atoms with Crippen LogP contribution in [0.3, 0.4) is 0 Å². The molecule has 1 aliphatic rings. The van der Waals surface area contributed by atoms with E-state index in [4.69, 9.17) is 0 Å². The fourth-order valence-corrected chi connectivity index (χ4v) is 2.11. The summed E-state index contributed by atoms with van der Waals surface area (Å²) in [6.45, 7) is 7.11. The van der Waals surface area contributed by atoms with E-state index in [9.17, 15) is 0 Å². The SMILES string of the molecule is CNCC1CCN(C)C(C)(C)C1. The topological polar surface area (TPSA) is 15.3 Å². The van der Waals surface area contributed by atoms with E-state index in [0.29, 0.717) is 5.54 Å². The molecule has 1 unspecified atom stereocenters. The number of likely N-dealkylation sites (tertiary alicyclic amines) is 1. The summed E-state index contributed by atoms with van der Waals surface area (Å²) < 4.78 is 0. The maximum Gasteiger partial charge on any atom is 0.0153 e. The van der Waals surface area contributed by atoms with Crippen LogP contribution in [0.25, 0.3) is 0 Å². The lowest BCUT2D eigenvalue weighted by atomic mass is 9.83. The van der Waals surface area contributed by atoms with E-state index in [1.54, 1.807) is 0 Å². The van der Waals surface area contributed by atoms with Crippen LogP contribution in [0.15, 0.2) is 0 Å². The van der Waals surface area contributed by atoms with E-state index in [1.165, 1.54) is 25.9 Å². The van der Waals surface area contributed by atoms with Gasteiger partial charge < -0.3 is 10.2 Å². The third kappa shape index (κ3) is 2.20. The molecule has 1 rings (SSSR count). The quantitative estimate of drug-likeness (QED) is 0.672. The fraction of sp³-hybridized carbons (Fsp3) is 1.00. The van der Waals surface area contributed by atoms with Crippen LogP contribution in [0.5, 0.6) is 0 Å². The minimum atomic E-state index is 0.403. The van der Waals surface area contributed by atoms with Gasteiger partial charge in [-0.1, -0.05) is 0 Å². The van der Waals surface area contributed by atoms with E-state index >= 15 is 0 Å². The van der Waals surface area contributed by atoms with Crippen molar-refractivity contribution in [3.05, 3.63) is 0 Å². The standard InChI is InChI=1S/C10H22N2/c1-10(2)7-9(8-11-3)5-6-12(10)4/h9,11H,5-8H2,1-4H3. The Kier molecular flexibility index (Phi) is 3.13. The molecule has 2 nitrogen and oxygen atoms in total. The average molecular weight is 170 g/mol. The van der Waals surface area contributed by atoms with Gasteiger partial charge in [0.05, 0.1) is 0 Å². The van der Waals surface area contributed by atoms with Gasteiger partial charge in [0, 0.05) is 5.54 Å². The molecule has 1 atom stereocenters. The highest BCUT2D eigenvalue weighted by Gasteiger charge is 2.31. The summed E-state index contributed by atoms with van der Waals surface area (Å²) in [5, 5.41) is 3.27. The Labute approximate surface area is 76.3 Å². The Morgan fingerprint density at radius 1 is 1.50 bits per heavy atom. The van der Waals surface area contributed by atoms with Crippen LogP contribution in [0.2, 0.25) is 0 Å². The number of hydrogen-bond acceptors (Lipinski definition) is 2. The van der Waals surface area contributed by atoms with Crippen molar-refractivity contribution in [2.45, 2.75) is 32.2 Å². The Morgan fingerprint density at radius 3 is 2.67 bits per heavy atom. The van der Waals surface area contributed by atoms with Crippen molar-refractivity contribution >= 4 is 0 Å². The van der Waals surface area contributed by atoms with Gasteiger partial charge in [-0.15, -0.1) is 0 Å². The van der Waals surface area contributed by atoms with E-state index in [1.807, 2.05) is 7.05 Å². The maximum absolute atomic E-state index is 3.27. The molecular weight excluding hydrogens is 148 g/mol. The largest absolute Gasteiger partial charge is 0.319 e. The van der Waals surface area contributed by atoms with Crippen LogP contribution < -0.4 is 5.32 Å². The van der Waals surface area contributed by atoms with Crippen LogP contribution in [-0.4, -0.2) is 37.6 Å². The van der Waals surface area contributed by atoms with Crippen LogP contribution >= 0.6 is 0 Å². The average Bonchev–Trinajstić information content (AvgIpc) is 1.97. The Balaban J connectivity index is 2.45. The van der Waals surface area contributed by atoms with E-state index in [-0.39, 0.29) is 0 Å². The molecule has 0 saturated carbocycles. The first-order valence-corrected chi connectivity index (χ1v) is 4.92. The Morgan fingerprint density at radius 2 is 2.17 bits per heavy atom. The van der Waals surface area contributed by atoms with Gasteiger partial charge in [-0.05, 0) is 59.8 Å². The second-order valence-corrected chi connectivity index (χ2v) is 4.65. The summed E-state index contributed by atoms with van der Waals surface area (Å²) in [4.78, 5) is 2.47. The molecule has 1 N–H and O–H groups in total. The first-order chi connectivity index (χ1) is 5.56. The maximum atomic E-state index is 3.27. The van der Waals surface area contributed by atoms with Gasteiger partial charge in [0.25, 0.3) is 0 Å². The molecule has 0 aromatic carbocycles. The molecule has 1 saturated heterocycles. The van der Waals surface area contributed by atoms with Crippen molar-refractivity contribution in [3.63, 3.8) is 0 Å². The lowest BCUT2D eigenvalue weighted by Crippen LogP contribution is -2.48. The van der Waals surface area contributed by atoms with E-state index in [2.05, 4.69) is 31.1 Å². The van der Waals surface area contributed by atoms with E-state index in [0.717, 1.165) is 5.92 Å². The summed E-state index contributed by atoms with van der Waals surface area (Å²) in [6, 6.07) is 0. The molecule has 72 valence electrons. The third-order valence-corrected chi connectivity index (χ3v) is 3.19. The number of nitrogens with one attached hydrogen (secondary N) is 1. The van der Waals surface area contributed by atoms with Gasteiger partial charge in [0.1, 0.15) is 0 Å². The van der Waals surface area contributed by atoms with Crippen molar-refractivity contribution in [1.82, 2.24) is 10.2 Å². The summed E-state index contributed by atoms with van der Waals surface area (Å²) in [7, 11) is 4.28. The monoisotopic (exact) mass is 170 g/mol. The molecule has 0 radical (unpaired) electrons. The molecular formula is C10H22N2. The van der Waals surface area contributed by atoms with Crippen LogP contribution in [0, 0.1) is 5.92 Å². The number of nitrogens with zero attached hydrogens (tertiary/aromatic N) is 1. The Hall–Kier alpha value is -0.0800. The lowest BCUT2D eigenvalue weighted by Gasteiger charge is -2.43. The fourth-order valence-electron chi connectivity index (χ4n) is 2.11. The molecule has 1 aliphatic heterocycles. The number of hydrogen-bond donors (Lipinski definition) is 1. The minimum Gasteiger partial charge on any atom is -0.319 e. The molecule has 1 fully saturated rings. The second-order valence-electron chi connectivity index (χ2n) is 4.65. The van der Waals surface area contributed by atoms with Gasteiger partial charge in [0.2, 0.25) is 0 Å². The zero-order valence-electron chi connectivity index (χ0n) is 8.85. The molecule has 0 spiro atoms. The van der Waals surface area contributed by atoms with Gasteiger partial charge in [-0.2, -0.15) is 0 Å². The minimum absolute atomic E-state index is 0.403. The van der Waals surface area contributed by atoms with Gasteiger partial charge in [0.15, 0.2) is 0 Å². The normalized spacial score (nSPS) is 30.5. The second kappa shape index (κ2) is 3.75. The molecule has 0 amide bonds. The highest BCUT2D eigenvalue weighted by atomic mass is 15.2. The third-order valence-electron chi connectivity index (χ3n) is 3.19. The van der Waals surface area contributed by atoms with Gasteiger partial charge >= 0.3 is 0 Å². The first-order valence-electron chi connectivity index (χ1n) is 4.92. The van der Waals surface area contributed by atoms with Crippen LogP contribution in [-0.2, 0) is 0 Å². The highest BCUT2D eigenvalue weighted by Crippen LogP contribution is 2.29. The summed E-state index contributed by atoms with van der Waals surface area (Å²) in [5.41, 5.74) is 0.403. The van der Waals surface area contributed by atoms with Crippen molar-refractivity contribution in [1.29, 1.82) is 0 Å². The smallest absolute Gasteiger partial charge is 0.0153 e. The summed E-state index contributed by atoms with van der Waals surface area (Å²) in [5.74, 6) is 0.876. The molecule has 1 heterocycles. The zero-order valence-corrected chi connectivity index (χ0v) is 8.85. The molecule has 0 aliphatic carbocycles. The molecule has 0 aromatic heterocycles. The van der Waals surface area contributed by atoms with Gasteiger partial charge in [-0.25, -0.2) is 0 Å². The summed E-state index contributed by atoms with van der Waals surface area (Å²) in [6.07, 6.45) is 2.67. The molecule has 0 aromatic rings. The Bertz CT molecular complexity index is 143. The van der Waals surface area contributed by atoms with Crippen LogP contribution in [0.1, 0.15) is 26.7 Å². The zero-order chi connectivity index (χ0) is 9.19. The molecule has 0 bridgehead atoms. The van der Waals surface area contributed by atoms with Crippen LogP contribution in [0.4, 0.5) is 0 Å². The van der Waals surface area contributed by atoms with Crippen molar-refractivity contribution in [2.24, 2.45) is 5.92 Å². The van der Waals surface area contributed by atoms with E-state index < -0.39 is 0 Å². The first kappa shape index (κ1) is 10.0. The van der Waals surface area contributed by atoms with Crippen molar-refractivity contribution in [3.8, 4) is 0 Å². The predicted octanol–water partition coefficient (Wildman–Crippen LogP) is 1.33.